The number of amides is 1. The highest BCUT2D eigenvalue weighted by Gasteiger charge is 2.46. The Labute approximate surface area is 192 Å². The standard InChI is InChI=1S/C20H19F2N5O4S2/c1-2-31-16-11-23-9-14(25-16)15-10-24-18(32-15)17(28)26-20(6-7-20)12-4-3-5-13(8-12)27-33(29,30)19(21)22/h3-5,8-11,19,27H,2,6-7H2,1H3,(H,26,28). The molecule has 0 saturated heterocycles. The van der Waals surface area contributed by atoms with Crippen LogP contribution in [-0.2, 0) is 15.6 Å². The Morgan fingerprint density at radius 1 is 1.27 bits per heavy atom. The maximum Gasteiger partial charge on any atom is 0.355 e. The van der Waals surface area contributed by atoms with E-state index in [4.69, 9.17) is 4.74 Å². The monoisotopic (exact) mass is 495 g/mol. The number of halogens is 2. The second-order valence-corrected chi connectivity index (χ2v) is 9.91. The second-order valence-electron chi connectivity index (χ2n) is 7.23. The van der Waals surface area contributed by atoms with E-state index in [0.29, 0.717) is 41.5 Å². The van der Waals surface area contributed by atoms with Crippen LogP contribution in [-0.4, -0.2) is 41.6 Å². The van der Waals surface area contributed by atoms with E-state index >= 15 is 0 Å². The molecule has 0 aliphatic heterocycles. The van der Waals surface area contributed by atoms with E-state index in [1.54, 1.807) is 12.3 Å². The number of hydrogen-bond donors (Lipinski definition) is 2. The highest BCUT2D eigenvalue weighted by molar-refractivity contribution is 7.93. The number of hydrogen-bond acceptors (Lipinski definition) is 8. The molecule has 2 aromatic heterocycles. The highest BCUT2D eigenvalue weighted by atomic mass is 32.2. The summed E-state index contributed by atoms with van der Waals surface area (Å²) in [5.41, 5.74) is 0.414. The van der Waals surface area contributed by atoms with Crippen molar-refractivity contribution in [3.63, 3.8) is 0 Å². The van der Waals surface area contributed by atoms with Crippen molar-refractivity contribution >= 4 is 33.0 Å². The Balaban J connectivity index is 1.50. The summed E-state index contributed by atoms with van der Waals surface area (Å²) in [6.07, 6.45) is 5.80. The van der Waals surface area contributed by atoms with Gasteiger partial charge in [-0.3, -0.25) is 14.5 Å². The van der Waals surface area contributed by atoms with Crippen LogP contribution in [0.1, 0.15) is 35.1 Å². The van der Waals surface area contributed by atoms with Gasteiger partial charge in [0.2, 0.25) is 5.88 Å². The second kappa shape index (κ2) is 8.98. The molecule has 13 heteroatoms. The maximum atomic E-state index is 12.9. The lowest BCUT2D eigenvalue weighted by Crippen LogP contribution is -2.34. The largest absolute Gasteiger partial charge is 0.477 e. The third kappa shape index (κ3) is 5.09. The van der Waals surface area contributed by atoms with Crippen LogP contribution >= 0.6 is 11.3 Å². The lowest BCUT2D eigenvalue weighted by atomic mass is 10.0. The minimum absolute atomic E-state index is 0.00221. The predicted octanol–water partition coefficient (Wildman–Crippen LogP) is 3.38. The Bertz CT molecular complexity index is 1280. The molecule has 1 aromatic carbocycles. The van der Waals surface area contributed by atoms with E-state index in [1.165, 1.54) is 30.6 Å². The molecule has 33 heavy (non-hydrogen) atoms. The van der Waals surface area contributed by atoms with Crippen molar-refractivity contribution in [3.8, 4) is 16.5 Å². The van der Waals surface area contributed by atoms with E-state index in [2.05, 4.69) is 20.3 Å². The number of ether oxygens (including phenoxy) is 1. The number of rotatable bonds is 9. The number of aromatic nitrogens is 3. The maximum absolute atomic E-state index is 12.9. The average molecular weight is 496 g/mol. The van der Waals surface area contributed by atoms with Gasteiger partial charge in [0.15, 0.2) is 5.01 Å². The number of anilines is 1. The molecule has 2 N–H and O–H groups in total. The van der Waals surface area contributed by atoms with Gasteiger partial charge in [0.1, 0.15) is 5.69 Å². The molecule has 4 rings (SSSR count). The van der Waals surface area contributed by atoms with Gasteiger partial charge in [0.05, 0.1) is 29.4 Å². The summed E-state index contributed by atoms with van der Waals surface area (Å²) in [5, 5.41) is 3.15. The fourth-order valence-corrected chi connectivity index (χ4v) is 4.46. The van der Waals surface area contributed by atoms with Gasteiger partial charge in [-0.05, 0) is 37.5 Å². The van der Waals surface area contributed by atoms with E-state index in [9.17, 15) is 22.0 Å². The Kier molecular flexibility index (Phi) is 6.26. The van der Waals surface area contributed by atoms with Gasteiger partial charge in [-0.2, -0.15) is 8.78 Å². The van der Waals surface area contributed by atoms with Gasteiger partial charge in [-0.25, -0.2) is 18.4 Å². The number of nitrogens with zero attached hydrogens (tertiary/aromatic N) is 3. The zero-order chi connectivity index (χ0) is 23.6. The highest BCUT2D eigenvalue weighted by Crippen LogP contribution is 2.46. The van der Waals surface area contributed by atoms with Gasteiger partial charge < -0.3 is 10.1 Å². The van der Waals surface area contributed by atoms with Crippen LogP contribution in [0.4, 0.5) is 14.5 Å². The van der Waals surface area contributed by atoms with Gasteiger partial charge in [0.25, 0.3) is 15.9 Å². The molecule has 1 aliphatic carbocycles. The molecule has 174 valence electrons. The molecule has 0 bridgehead atoms. The van der Waals surface area contributed by atoms with Gasteiger partial charge in [-0.15, -0.1) is 11.3 Å². The first-order valence-electron chi connectivity index (χ1n) is 9.86. The van der Waals surface area contributed by atoms with Crippen LogP contribution in [0, 0.1) is 0 Å². The normalized spacial score (nSPS) is 14.7. The Hall–Kier alpha value is -3.19. The number of sulfonamides is 1. The first kappa shape index (κ1) is 23.0. The van der Waals surface area contributed by atoms with Gasteiger partial charge in [-0.1, -0.05) is 12.1 Å². The average Bonchev–Trinajstić information content (AvgIpc) is 3.38. The molecule has 0 radical (unpaired) electrons. The fraction of sp³-hybridized carbons (Fsp3) is 0.300. The molecule has 1 amide bonds. The molecule has 0 unspecified atom stereocenters. The van der Waals surface area contributed by atoms with Crippen molar-refractivity contribution < 1.29 is 26.7 Å². The third-order valence-electron chi connectivity index (χ3n) is 4.87. The van der Waals surface area contributed by atoms with E-state index < -0.39 is 27.2 Å². The van der Waals surface area contributed by atoms with Crippen LogP contribution in [0.25, 0.3) is 10.6 Å². The van der Waals surface area contributed by atoms with Crippen LogP contribution < -0.4 is 14.8 Å². The molecular formula is C20H19F2N5O4S2. The first-order chi connectivity index (χ1) is 15.7. The van der Waals surface area contributed by atoms with E-state index in [-0.39, 0.29) is 10.7 Å². The summed E-state index contributed by atoms with van der Waals surface area (Å²) >= 11 is 1.14. The summed E-state index contributed by atoms with van der Waals surface area (Å²) in [7, 11) is -4.79. The van der Waals surface area contributed by atoms with Crippen LogP contribution in [0.3, 0.4) is 0 Å². The molecule has 0 atom stereocenters. The predicted molar refractivity (Wildman–Crippen MR) is 118 cm³/mol. The number of carbonyl (C=O) groups is 1. The van der Waals surface area contributed by atoms with Crippen molar-refractivity contribution in [1.29, 1.82) is 0 Å². The summed E-state index contributed by atoms with van der Waals surface area (Å²) in [6, 6.07) is 6.05. The molecular weight excluding hydrogens is 476 g/mol. The summed E-state index contributed by atoms with van der Waals surface area (Å²) in [6.45, 7) is 2.28. The van der Waals surface area contributed by atoms with Crippen molar-refractivity contribution in [2.75, 3.05) is 11.3 Å². The number of carbonyl (C=O) groups excluding carboxylic acids is 1. The van der Waals surface area contributed by atoms with Crippen LogP contribution in [0.15, 0.2) is 42.9 Å². The van der Waals surface area contributed by atoms with Crippen molar-refractivity contribution in [2.24, 2.45) is 0 Å². The topological polar surface area (TPSA) is 123 Å². The minimum atomic E-state index is -4.79. The number of benzene rings is 1. The van der Waals surface area contributed by atoms with Gasteiger partial charge in [0, 0.05) is 11.9 Å². The lowest BCUT2D eigenvalue weighted by molar-refractivity contribution is 0.0930. The molecule has 1 fully saturated rings. The smallest absolute Gasteiger partial charge is 0.355 e. The Morgan fingerprint density at radius 2 is 2.06 bits per heavy atom. The summed E-state index contributed by atoms with van der Waals surface area (Å²) in [4.78, 5) is 26.1. The quantitative estimate of drug-likeness (QED) is 0.466. The van der Waals surface area contributed by atoms with Crippen molar-refractivity contribution in [3.05, 3.63) is 53.4 Å². The van der Waals surface area contributed by atoms with Crippen LogP contribution in [0.2, 0.25) is 0 Å². The number of alkyl halides is 2. The van der Waals surface area contributed by atoms with Crippen LogP contribution in [0.5, 0.6) is 5.88 Å². The minimum Gasteiger partial charge on any atom is -0.477 e. The first-order valence-corrected chi connectivity index (χ1v) is 12.2. The Morgan fingerprint density at radius 3 is 2.76 bits per heavy atom. The zero-order valence-corrected chi connectivity index (χ0v) is 18.9. The zero-order valence-electron chi connectivity index (χ0n) is 17.3. The van der Waals surface area contributed by atoms with E-state index in [1.807, 2.05) is 11.6 Å². The molecule has 1 aliphatic rings. The van der Waals surface area contributed by atoms with E-state index in [0.717, 1.165) is 11.3 Å². The molecule has 1 saturated carbocycles. The number of nitrogens with one attached hydrogen (secondary N) is 2. The SMILES string of the molecule is CCOc1cncc(-c2cnc(C(=O)NC3(c4cccc(NS(=O)(=O)C(F)F)c4)CC3)s2)n1. The third-order valence-corrected chi connectivity index (χ3v) is 6.88. The summed E-state index contributed by atoms with van der Waals surface area (Å²) in [5.74, 6) is -3.58. The van der Waals surface area contributed by atoms with Gasteiger partial charge >= 0.3 is 5.76 Å². The van der Waals surface area contributed by atoms with Crippen molar-refractivity contribution in [2.45, 2.75) is 31.1 Å². The van der Waals surface area contributed by atoms with Crippen molar-refractivity contribution in [1.82, 2.24) is 20.3 Å². The number of thiazole rings is 1. The summed E-state index contributed by atoms with van der Waals surface area (Å²) < 4.78 is 55.4. The molecule has 9 nitrogen and oxygen atoms in total. The fourth-order valence-electron chi connectivity index (χ4n) is 3.15. The molecule has 0 spiro atoms. The lowest BCUT2D eigenvalue weighted by Gasteiger charge is -2.18. The molecule has 2 heterocycles. The molecule has 3 aromatic rings.